The topological polar surface area (TPSA) is 47.3 Å². The number of halogens is 3. The summed E-state index contributed by atoms with van der Waals surface area (Å²) in [5.74, 6) is 0. The van der Waals surface area contributed by atoms with Crippen molar-refractivity contribution in [3.8, 4) is 0 Å². The van der Waals surface area contributed by atoms with Crippen molar-refractivity contribution in [2.75, 3.05) is 26.3 Å². The predicted octanol–water partition coefficient (Wildman–Crippen LogP) is 0.502. The maximum atomic E-state index is 11.5. The number of hydrogen-bond acceptors (Lipinski definition) is 3. The molecule has 0 amide bonds. The van der Waals surface area contributed by atoms with Crippen LogP contribution in [0.25, 0.3) is 0 Å². The molecule has 0 saturated heterocycles. The first kappa shape index (κ1) is 12.7. The Labute approximate surface area is 75.4 Å². The van der Waals surface area contributed by atoms with E-state index in [-0.39, 0.29) is 12.6 Å². The van der Waals surface area contributed by atoms with E-state index < -0.39 is 12.8 Å². The lowest BCUT2D eigenvalue weighted by Gasteiger charge is -2.11. The van der Waals surface area contributed by atoms with Gasteiger partial charge in [-0.3, -0.25) is 0 Å². The molecule has 3 nitrogen and oxygen atoms in total. The molecule has 1 atom stereocenters. The smallest absolute Gasteiger partial charge is 0.371 e. The van der Waals surface area contributed by atoms with Crippen molar-refractivity contribution in [2.24, 2.45) is 5.73 Å². The Kier molecular flexibility index (Phi) is 6.02. The molecule has 13 heavy (non-hydrogen) atoms. The third-order valence-electron chi connectivity index (χ3n) is 1.36. The molecule has 0 aliphatic carbocycles. The Bertz CT molecular complexity index is 129. The molecule has 6 heteroatoms. The van der Waals surface area contributed by atoms with Crippen LogP contribution in [-0.2, 0) is 4.74 Å². The maximum Gasteiger partial charge on any atom is 0.411 e. The van der Waals surface area contributed by atoms with Crippen molar-refractivity contribution >= 4 is 0 Å². The van der Waals surface area contributed by atoms with Crippen LogP contribution in [-0.4, -0.2) is 38.5 Å². The lowest BCUT2D eigenvalue weighted by molar-refractivity contribution is -0.173. The van der Waals surface area contributed by atoms with Gasteiger partial charge in [-0.25, -0.2) is 0 Å². The Morgan fingerprint density at radius 2 is 2.08 bits per heavy atom. The molecule has 0 aromatic rings. The first-order valence-corrected chi connectivity index (χ1v) is 4.03. The van der Waals surface area contributed by atoms with Gasteiger partial charge in [-0.2, -0.15) is 13.2 Å². The maximum absolute atomic E-state index is 11.5. The number of rotatable bonds is 6. The van der Waals surface area contributed by atoms with Crippen LogP contribution in [0.5, 0.6) is 0 Å². The second-order valence-corrected chi connectivity index (χ2v) is 2.76. The third kappa shape index (κ3) is 9.59. The zero-order chi connectivity index (χ0) is 10.3. The molecule has 0 bridgehead atoms. The fraction of sp³-hybridized carbons (Fsp3) is 1.00. The van der Waals surface area contributed by atoms with Crippen LogP contribution in [0.15, 0.2) is 0 Å². The molecule has 0 aromatic heterocycles. The molecule has 0 saturated carbocycles. The highest BCUT2D eigenvalue weighted by molar-refractivity contribution is 4.59. The van der Waals surface area contributed by atoms with Gasteiger partial charge in [0.15, 0.2) is 0 Å². The molecule has 80 valence electrons. The van der Waals surface area contributed by atoms with Gasteiger partial charge in [-0.1, -0.05) is 0 Å². The molecule has 1 unspecified atom stereocenters. The highest BCUT2D eigenvalue weighted by Crippen LogP contribution is 2.13. The lowest BCUT2D eigenvalue weighted by atomic mass is 10.3. The van der Waals surface area contributed by atoms with Crippen LogP contribution in [0.1, 0.15) is 6.92 Å². The van der Waals surface area contributed by atoms with Crippen molar-refractivity contribution in [3.05, 3.63) is 0 Å². The molecular formula is C7H15F3N2O. The summed E-state index contributed by atoms with van der Waals surface area (Å²) in [5, 5.41) is 2.90. The number of nitrogens with one attached hydrogen (secondary N) is 1. The summed E-state index contributed by atoms with van der Waals surface area (Å²) >= 11 is 0. The highest BCUT2D eigenvalue weighted by Gasteiger charge is 2.27. The third-order valence-corrected chi connectivity index (χ3v) is 1.36. The van der Waals surface area contributed by atoms with Gasteiger partial charge in [0.25, 0.3) is 0 Å². The fourth-order valence-electron chi connectivity index (χ4n) is 0.649. The molecule has 0 aliphatic rings. The van der Waals surface area contributed by atoms with Gasteiger partial charge in [-0.05, 0) is 6.92 Å². The van der Waals surface area contributed by atoms with E-state index in [4.69, 9.17) is 5.73 Å². The number of alkyl halides is 3. The SMILES string of the molecule is CC(CN)NCCOCC(F)(F)F. The van der Waals surface area contributed by atoms with Crippen LogP contribution in [0.2, 0.25) is 0 Å². The summed E-state index contributed by atoms with van der Waals surface area (Å²) in [4.78, 5) is 0. The summed E-state index contributed by atoms with van der Waals surface area (Å²) in [6.07, 6.45) is -4.24. The van der Waals surface area contributed by atoms with Crippen molar-refractivity contribution in [1.29, 1.82) is 0 Å². The fourth-order valence-corrected chi connectivity index (χ4v) is 0.649. The summed E-state index contributed by atoms with van der Waals surface area (Å²) < 4.78 is 39.0. The van der Waals surface area contributed by atoms with Gasteiger partial charge >= 0.3 is 6.18 Å². The largest absolute Gasteiger partial charge is 0.411 e. The molecular weight excluding hydrogens is 185 g/mol. The standard InChI is InChI=1S/C7H15F3N2O/c1-6(4-11)12-2-3-13-5-7(8,9)10/h6,12H,2-5,11H2,1H3. The Hall–Kier alpha value is -0.330. The first-order chi connectivity index (χ1) is 5.95. The average molecular weight is 200 g/mol. The van der Waals surface area contributed by atoms with Gasteiger partial charge < -0.3 is 15.8 Å². The first-order valence-electron chi connectivity index (χ1n) is 4.03. The zero-order valence-electron chi connectivity index (χ0n) is 7.53. The molecule has 0 fully saturated rings. The molecule has 0 spiro atoms. The molecule has 0 aliphatic heterocycles. The summed E-state index contributed by atoms with van der Waals surface area (Å²) in [7, 11) is 0. The van der Waals surface area contributed by atoms with E-state index in [9.17, 15) is 13.2 Å². The van der Waals surface area contributed by atoms with Crippen molar-refractivity contribution < 1.29 is 17.9 Å². The Morgan fingerprint density at radius 3 is 2.54 bits per heavy atom. The molecule has 0 radical (unpaired) electrons. The van der Waals surface area contributed by atoms with Crippen LogP contribution < -0.4 is 11.1 Å². The van der Waals surface area contributed by atoms with E-state index in [1.165, 1.54) is 0 Å². The van der Waals surface area contributed by atoms with E-state index in [2.05, 4.69) is 10.1 Å². The molecule has 3 N–H and O–H groups in total. The monoisotopic (exact) mass is 200 g/mol. The molecule has 0 heterocycles. The predicted molar refractivity (Wildman–Crippen MR) is 43.4 cm³/mol. The highest BCUT2D eigenvalue weighted by atomic mass is 19.4. The van der Waals surface area contributed by atoms with Crippen molar-refractivity contribution in [1.82, 2.24) is 5.32 Å². The molecule has 0 aromatic carbocycles. The van der Waals surface area contributed by atoms with Crippen LogP contribution in [0.4, 0.5) is 13.2 Å². The van der Waals surface area contributed by atoms with E-state index in [1.54, 1.807) is 0 Å². The quantitative estimate of drug-likeness (QED) is 0.614. The zero-order valence-corrected chi connectivity index (χ0v) is 7.53. The van der Waals surface area contributed by atoms with E-state index in [1.807, 2.05) is 6.92 Å². The normalized spacial score (nSPS) is 14.5. The average Bonchev–Trinajstić information content (AvgIpc) is 2.01. The van der Waals surface area contributed by atoms with Gasteiger partial charge in [0.1, 0.15) is 6.61 Å². The van der Waals surface area contributed by atoms with Crippen LogP contribution >= 0.6 is 0 Å². The minimum absolute atomic E-state index is 0.0455. The second kappa shape index (κ2) is 6.17. The van der Waals surface area contributed by atoms with Gasteiger partial charge in [-0.15, -0.1) is 0 Å². The van der Waals surface area contributed by atoms with Crippen LogP contribution in [0, 0.1) is 0 Å². The minimum atomic E-state index is -4.24. The number of hydrogen-bond donors (Lipinski definition) is 2. The Balaban J connectivity index is 3.18. The lowest BCUT2D eigenvalue weighted by Crippen LogP contribution is -2.35. The van der Waals surface area contributed by atoms with E-state index in [0.29, 0.717) is 13.1 Å². The van der Waals surface area contributed by atoms with E-state index >= 15 is 0 Å². The van der Waals surface area contributed by atoms with Crippen LogP contribution in [0.3, 0.4) is 0 Å². The van der Waals surface area contributed by atoms with Gasteiger partial charge in [0.2, 0.25) is 0 Å². The number of nitrogens with two attached hydrogens (primary N) is 1. The van der Waals surface area contributed by atoms with E-state index in [0.717, 1.165) is 0 Å². The second-order valence-electron chi connectivity index (χ2n) is 2.76. The molecule has 0 rings (SSSR count). The summed E-state index contributed by atoms with van der Waals surface area (Å²) in [5.41, 5.74) is 5.27. The summed E-state index contributed by atoms with van der Waals surface area (Å²) in [6.45, 7) is 1.55. The number of ether oxygens (including phenoxy) is 1. The van der Waals surface area contributed by atoms with Crippen molar-refractivity contribution in [2.45, 2.75) is 19.1 Å². The van der Waals surface area contributed by atoms with Gasteiger partial charge in [0.05, 0.1) is 6.61 Å². The minimum Gasteiger partial charge on any atom is -0.371 e. The van der Waals surface area contributed by atoms with Gasteiger partial charge in [0, 0.05) is 19.1 Å². The van der Waals surface area contributed by atoms with Crippen molar-refractivity contribution in [3.63, 3.8) is 0 Å². The Morgan fingerprint density at radius 1 is 1.46 bits per heavy atom. The summed E-state index contributed by atoms with van der Waals surface area (Å²) in [6, 6.07) is 0.106.